The van der Waals surface area contributed by atoms with Gasteiger partial charge in [-0.2, -0.15) is 8.61 Å². The van der Waals surface area contributed by atoms with E-state index in [0.29, 0.717) is 5.57 Å². The maximum atomic E-state index is 13.3. The van der Waals surface area contributed by atoms with Crippen LogP contribution in [0.5, 0.6) is 0 Å². The Labute approximate surface area is 204 Å². The molecule has 2 aromatic rings. The maximum absolute atomic E-state index is 13.3. The van der Waals surface area contributed by atoms with Crippen molar-refractivity contribution in [3.8, 4) is 23.7 Å². The lowest BCUT2D eigenvalue weighted by atomic mass is 10.2. The molecule has 0 aromatic heterocycles. The van der Waals surface area contributed by atoms with Gasteiger partial charge in [0.25, 0.3) is 0 Å². The van der Waals surface area contributed by atoms with Gasteiger partial charge in [0.2, 0.25) is 20.0 Å². The minimum absolute atomic E-state index is 0.0365. The zero-order valence-electron chi connectivity index (χ0n) is 20.0. The summed E-state index contributed by atoms with van der Waals surface area (Å²) in [5, 5.41) is 0. The average molecular weight is 499 g/mol. The molecular formula is C26H30N2O4S2. The van der Waals surface area contributed by atoms with E-state index in [1.807, 2.05) is 13.8 Å². The highest BCUT2D eigenvalue weighted by molar-refractivity contribution is 7.89. The molecule has 180 valence electrons. The van der Waals surface area contributed by atoms with E-state index >= 15 is 0 Å². The van der Waals surface area contributed by atoms with Gasteiger partial charge in [0.1, 0.15) is 0 Å². The van der Waals surface area contributed by atoms with E-state index in [4.69, 9.17) is 0 Å². The standard InChI is InChI=1S/C26H30N2O4S2/c1-6-8-18-27(33(29,30)25-14-10-22(3)11-15-25)20-24(5)21-28(19-9-7-2)34(31,32)26-16-12-23(4)13-17-26/h10-17H,5,18-21H2,1-4H3. The van der Waals surface area contributed by atoms with Crippen molar-refractivity contribution in [1.29, 1.82) is 0 Å². The predicted molar refractivity (Wildman–Crippen MR) is 136 cm³/mol. The predicted octanol–water partition coefficient (Wildman–Crippen LogP) is 3.59. The van der Waals surface area contributed by atoms with Crippen LogP contribution in [0.1, 0.15) is 25.0 Å². The van der Waals surface area contributed by atoms with Crippen LogP contribution < -0.4 is 0 Å². The second kappa shape index (κ2) is 12.0. The summed E-state index contributed by atoms with van der Waals surface area (Å²) in [4.78, 5) is 0.287. The van der Waals surface area contributed by atoms with Gasteiger partial charge in [-0.15, -0.1) is 11.8 Å². The fourth-order valence-electron chi connectivity index (χ4n) is 3.05. The zero-order chi connectivity index (χ0) is 25.4. The minimum atomic E-state index is -3.86. The molecule has 34 heavy (non-hydrogen) atoms. The third-order valence-corrected chi connectivity index (χ3v) is 8.59. The summed E-state index contributed by atoms with van der Waals surface area (Å²) in [5.41, 5.74) is 2.29. The van der Waals surface area contributed by atoms with Gasteiger partial charge in [-0.05, 0) is 57.5 Å². The molecule has 0 N–H and O–H groups in total. The van der Waals surface area contributed by atoms with Crippen molar-refractivity contribution >= 4 is 20.0 Å². The van der Waals surface area contributed by atoms with E-state index in [1.54, 1.807) is 62.4 Å². The Bertz CT molecular complexity index is 1230. The average Bonchev–Trinajstić information content (AvgIpc) is 2.79. The van der Waals surface area contributed by atoms with Crippen molar-refractivity contribution < 1.29 is 16.8 Å². The number of benzene rings is 2. The summed E-state index contributed by atoms with van der Waals surface area (Å²) in [6, 6.07) is 13.1. The lowest BCUT2D eigenvalue weighted by Gasteiger charge is -2.25. The molecule has 0 aliphatic heterocycles. The first-order valence-electron chi connectivity index (χ1n) is 10.6. The lowest BCUT2D eigenvalue weighted by molar-refractivity contribution is 0.439. The van der Waals surface area contributed by atoms with Crippen molar-refractivity contribution in [1.82, 2.24) is 8.61 Å². The third-order valence-electron chi connectivity index (χ3n) is 4.98. The molecular weight excluding hydrogens is 468 g/mol. The quantitative estimate of drug-likeness (QED) is 0.371. The Morgan fingerprint density at radius 3 is 1.32 bits per heavy atom. The molecule has 0 saturated heterocycles. The van der Waals surface area contributed by atoms with Crippen LogP contribution in [0.15, 0.2) is 70.5 Å². The molecule has 0 fully saturated rings. The minimum Gasteiger partial charge on any atom is -0.207 e. The lowest BCUT2D eigenvalue weighted by Crippen LogP contribution is -2.38. The largest absolute Gasteiger partial charge is 0.244 e. The molecule has 2 aromatic carbocycles. The van der Waals surface area contributed by atoms with Crippen LogP contribution in [0.3, 0.4) is 0 Å². The topological polar surface area (TPSA) is 74.8 Å². The molecule has 0 unspecified atom stereocenters. The fraction of sp³-hybridized carbons (Fsp3) is 0.308. The highest BCUT2D eigenvalue weighted by atomic mass is 32.2. The van der Waals surface area contributed by atoms with Gasteiger partial charge >= 0.3 is 0 Å². The summed E-state index contributed by atoms with van der Waals surface area (Å²) in [7, 11) is -7.71. The van der Waals surface area contributed by atoms with Crippen LogP contribution in [0.2, 0.25) is 0 Å². The Hall–Kier alpha value is -2.88. The molecule has 8 heteroatoms. The van der Waals surface area contributed by atoms with Crippen LogP contribution in [0.25, 0.3) is 0 Å². The van der Waals surface area contributed by atoms with E-state index in [1.165, 1.54) is 8.61 Å². The molecule has 0 amide bonds. The Kier molecular flexibility index (Phi) is 9.66. The van der Waals surface area contributed by atoms with Crippen LogP contribution in [-0.4, -0.2) is 51.6 Å². The SMILES string of the molecule is C=C(CN(CC#CC)S(=O)(=O)c1ccc(C)cc1)CN(CC#CC)S(=O)(=O)c1ccc(C)cc1. The molecule has 6 nitrogen and oxygen atoms in total. The van der Waals surface area contributed by atoms with Gasteiger partial charge in [0.05, 0.1) is 22.9 Å². The molecule has 0 spiro atoms. The van der Waals surface area contributed by atoms with Crippen molar-refractivity contribution in [2.24, 2.45) is 0 Å². The van der Waals surface area contributed by atoms with E-state index in [2.05, 4.69) is 30.3 Å². The second-order valence-electron chi connectivity index (χ2n) is 7.78. The highest BCUT2D eigenvalue weighted by Gasteiger charge is 2.28. The van der Waals surface area contributed by atoms with Crippen molar-refractivity contribution in [3.63, 3.8) is 0 Å². The molecule has 0 saturated carbocycles. The van der Waals surface area contributed by atoms with Gasteiger partial charge in [0.15, 0.2) is 0 Å². The molecule has 2 rings (SSSR count). The third kappa shape index (κ3) is 7.06. The summed E-state index contributed by atoms with van der Waals surface area (Å²) < 4.78 is 55.4. The van der Waals surface area contributed by atoms with E-state index in [-0.39, 0.29) is 36.0 Å². The Morgan fingerprint density at radius 1 is 0.706 bits per heavy atom. The first-order valence-corrected chi connectivity index (χ1v) is 13.5. The number of hydrogen-bond acceptors (Lipinski definition) is 4. The number of hydrogen-bond donors (Lipinski definition) is 0. The summed E-state index contributed by atoms with van der Waals surface area (Å²) in [5.74, 6) is 11.0. The molecule has 0 aliphatic rings. The zero-order valence-corrected chi connectivity index (χ0v) is 21.6. The van der Waals surface area contributed by atoms with Crippen molar-refractivity contribution in [2.45, 2.75) is 37.5 Å². The molecule has 0 bridgehead atoms. The first kappa shape index (κ1) is 27.4. The number of rotatable bonds is 10. The van der Waals surface area contributed by atoms with Gasteiger partial charge < -0.3 is 0 Å². The van der Waals surface area contributed by atoms with E-state index in [0.717, 1.165) is 11.1 Å². The monoisotopic (exact) mass is 498 g/mol. The Balaban J connectivity index is 2.32. The Morgan fingerprint density at radius 2 is 1.03 bits per heavy atom. The second-order valence-corrected chi connectivity index (χ2v) is 11.7. The van der Waals surface area contributed by atoms with Gasteiger partial charge in [-0.25, -0.2) is 16.8 Å². The number of sulfonamides is 2. The summed E-state index contributed by atoms with van der Waals surface area (Å²) >= 11 is 0. The van der Waals surface area contributed by atoms with Gasteiger partial charge in [-0.1, -0.05) is 53.8 Å². The van der Waals surface area contributed by atoms with Crippen molar-refractivity contribution in [3.05, 3.63) is 71.8 Å². The van der Waals surface area contributed by atoms with Gasteiger partial charge in [-0.3, -0.25) is 0 Å². The maximum Gasteiger partial charge on any atom is 0.244 e. The highest BCUT2D eigenvalue weighted by Crippen LogP contribution is 2.20. The summed E-state index contributed by atoms with van der Waals surface area (Å²) in [6.07, 6.45) is 0. The smallest absolute Gasteiger partial charge is 0.207 e. The number of aryl methyl sites for hydroxylation is 2. The normalized spacial score (nSPS) is 11.5. The molecule has 0 radical (unpaired) electrons. The first-order chi connectivity index (χ1) is 16.0. The van der Waals surface area contributed by atoms with E-state index < -0.39 is 20.0 Å². The molecule has 0 atom stereocenters. The van der Waals surface area contributed by atoms with Crippen LogP contribution in [0, 0.1) is 37.5 Å². The van der Waals surface area contributed by atoms with Gasteiger partial charge in [0, 0.05) is 13.1 Å². The van der Waals surface area contributed by atoms with Crippen molar-refractivity contribution in [2.75, 3.05) is 26.2 Å². The van der Waals surface area contributed by atoms with Crippen LogP contribution in [0.4, 0.5) is 0 Å². The number of nitrogens with zero attached hydrogens (tertiary/aromatic N) is 2. The van der Waals surface area contributed by atoms with Crippen LogP contribution in [-0.2, 0) is 20.0 Å². The fourth-order valence-corrected chi connectivity index (χ4v) is 5.78. The molecule has 0 heterocycles. The van der Waals surface area contributed by atoms with E-state index in [9.17, 15) is 16.8 Å². The van der Waals surface area contributed by atoms with Crippen LogP contribution >= 0.6 is 0 Å². The molecule has 0 aliphatic carbocycles. The summed E-state index contributed by atoms with van der Waals surface area (Å²) in [6.45, 7) is 10.8.